The van der Waals surface area contributed by atoms with Gasteiger partial charge >= 0.3 is 0 Å². The number of aliphatic hydroxyl groups is 1. The van der Waals surface area contributed by atoms with E-state index < -0.39 is 0 Å². The molecule has 0 saturated heterocycles. The van der Waals surface area contributed by atoms with E-state index in [1.165, 1.54) is 17.8 Å². The highest BCUT2D eigenvalue weighted by molar-refractivity contribution is 5.70. The Kier molecular flexibility index (Phi) is 4.05. The highest BCUT2D eigenvalue weighted by Gasteiger charge is 2.13. The van der Waals surface area contributed by atoms with Gasteiger partial charge in [-0.25, -0.2) is 0 Å². The van der Waals surface area contributed by atoms with Gasteiger partial charge in [-0.05, 0) is 31.4 Å². The molecule has 88 valence electrons. The van der Waals surface area contributed by atoms with Crippen LogP contribution < -0.4 is 10.2 Å². The fourth-order valence-corrected chi connectivity index (χ4v) is 2.16. The summed E-state index contributed by atoms with van der Waals surface area (Å²) in [5.74, 6) is 0. The molecule has 1 aromatic carbocycles. The quantitative estimate of drug-likeness (QED) is 0.763. The van der Waals surface area contributed by atoms with Crippen LogP contribution in [0.15, 0.2) is 24.3 Å². The standard InChI is InChI=1S/C13H20N2O/c16-11-4-3-9-15-10-5-8-14-12-6-1-2-7-13(12)15/h1-2,6-7,14,16H,3-5,8-11H2. The molecule has 1 heterocycles. The third kappa shape index (κ3) is 2.67. The molecule has 0 unspecified atom stereocenters. The van der Waals surface area contributed by atoms with Crippen molar-refractivity contribution in [2.75, 3.05) is 36.5 Å². The molecule has 0 amide bonds. The number of hydrogen-bond donors (Lipinski definition) is 2. The number of nitrogens with one attached hydrogen (secondary N) is 1. The predicted octanol–water partition coefficient (Wildman–Crippen LogP) is 2.08. The fraction of sp³-hybridized carbons (Fsp3) is 0.538. The molecule has 0 fully saturated rings. The molecular weight excluding hydrogens is 200 g/mol. The second-order valence-electron chi connectivity index (χ2n) is 4.22. The van der Waals surface area contributed by atoms with E-state index in [2.05, 4.69) is 34.5 Å². The van der Waals surface area contributed by atoms with Crippen molar-refractivity contribution < 1.29 is 5.11 Å². The van der Waals surface area contributed by atoms with E-state index in [0.29, 0.717) is 6.61 Å². The molecule has 1 aliphatic heterocycles. The molecule has 0 aromatic heterocycles. The van der Waals surface area contributed by atoms with Gasteiger partial charge in [-0.1, -0.05) is 12.1 Å². The van der Waals surface area contributed by atoms with Gasteiger partial charge in [0.2, 0.25) is 0 Å². The van der Waals surface area contributed by atoms with Crippen molar-refractivity contribution in [1.82, 2.24) is 0 Å². The Balaban J connectivity index is 2.06. The number of rotatable bonds is 4. The normalized spacial score (nSPS) is 15.2. The van der Waals surface area contributed by atoms with Crippen LogP contribution in [0, 0.1) is 0 Å². The molecule has 1 aliphatic rings. The number of fused-ring (bicyclic) bond motifs is 1. The molecular formula is C13H20N2O. The van der Waals surface area contributed by atoms with Crippen molar-refractivity contribution in [3.8, 4) is 0 Å². The van der Waals surface area contributed by atoms with E-state index in [1.54, 1.807) is 0 Å². The van der Waals surface area contributed by atoms with Gasteiger partial charge in [-0.15, -0.1) is 0 Å². The first kappa shape index (κ1) is 11.3. The summed E-state index contributed by atoms with van der Waals surface area (Å²) < 4.78 is 0. The summed E-state index contributed by atoms with van der Waals surface area (Å²) in [4.78, 5) is 2.42. The summed E-state index contributed by atoms with van der Waals surface area (Å²) >= 11 is 0. The van der Waals surface area contributed by atoms with Crippen molar-refractivity contribution in [3.63, 3.8) is 0 Å². The minimum atomic E-state index is 0.299. The highest BCUT2D eigenvalue weighted by atomic mass is 16.2. The number of nitrogens with zero attached hydrogens (tertiary/aromatic N) is 1. The Morgan fingerprint density at radius 2 is 2.12 bits per heavy atom. The summed E-state index contributed by atoms with van der Waals surface area (Å²) in [6, 6.07) is 8.47. The molecule has 0 spiro atoms. The largest absolute Gasteiger partial charge is 0.396 e. The van der Waals surface area contributed by atoms with Gasteiger partial charge in [0.15, 0.2) is 0 Å². The molecule has 0 aliphatic carbocycles. The Morgan fingerprint density at radius 3 is 3.00 bits per heavy atom. The van der Waals surface area contributed by atoms with Crippen molar-refractivity contribution in [2.24, 2.45) is 0 Å². The molecule has 2 N–H and O–H groups in total. The third-order valence-electron chi connectivity index (χ3n) is 3.00. The molecule has 0 radical (unpaired) electrons. The van der Waals surface area contributed by atoms with E-state index in [-0.39, 0.29) is 0 Å². The number of hydrogen-bond acceptors (Lipinski definition) is 3. The maximum Gasteiger partial charge on any atom is 0.0602 e. The smallest absolute Gasteiger partial charge is 0.0602 e. The van der Waals surface area contributed by atoms with Crippen molar-refractivity contribution in [2.45, 2.75) is 19.3 Å². The minimum Gasteiger partial charge on any atom is -0.396 e. The highest BCUT2D eigenvalue weighted by Crippen LogP contribution is 2.27. The van der Waals surface area contributed by atoms with E-state index >= 15 is 0 Å². The van der Waals surface area contributed by atoms with Crippen LogP contribution in [0.5, 0.6) is 0 Å². The van der Waals surface area contributed by atoms with E-state index in [0.717, 1.165) is 32.5 Å². The SMILES string of the molecule is OCCCCN1CCCNc2ccccc21. The first-order valence-corrected chi connectivity index (χ1v) is 6.10. The minimum absolute atomic E-state index is 0.299. The number of unbranched alkanes of at least 4 members (excludes halogenated alkanes) is 1. The first-order valence-electron chi connectivity index (χ1n) is 6.10. The molecule has 0 atom stereocenters. The van der Waals surface area contributed by atoms with Gasteiger partial charge in [0, 0.05) is 26.2 Å². The molecule has 0 saturated carbocycles. The molecule has 16 heavy (non-hydrogen) atoms. The van der Waals surface area contributed by atoms with Gasteiger partial charge in [-0.3, -0.25) is 0 Å². The van der Waals surface area contributed by atoms with Gasteiger partial charge in [0.25, 0.3) is 0 Å². The Labute approximate surface area is 97.1 Å². The average Bonchev–Trinajstić information content (AvgIpc) is 2.52. The number of anilines is 2. The monoisotopic (exact) mass is 220 g/mol. The Morgan fingerprint density at radius 1 is 1.25 bits per heavy atom. The van der Waals surface area contributed by atoms with Crippen LogP contribution in [0.1, 0.15) is 19.3 Å². The van der Waals surface area contributed by atoms with E-state index in [9.17, 15) is 0 Å². The molecule has 3 heteroatoms. The molecule has 1 aromatic rings. The molecule has 2 rings (SSSR count). The average molecular weight is 220 g/mol. The second-order valence-corrected chi connectivity index (χ2v) is 4.22. The first-order chi connectivity index (χ1) is 7.92. The number of para-hydroxylation sites is 2. The van der Waals surface area contributed by atoms with Gasteiger partial charge < -0.3 is 15.3 Å². The summed E-state index contributed by atoms with van der Waals surface area (Å²) in [5, 5.41) is 12.3. The topological polar surface area (TPSA) is 35.5 Å². The number of benzene rings is 1. The van der Waals surface area contributed by atoms with E-state index in [1.807, 2.05) is 0 Å². The zero-order valence-corrected chi connectivity index (χ0v) is 9.65. The van der Waals surface area contributed by atoms with Crippen molar-refractivity contribution in [3.05, 3.63) is 24.3 Å². The lowest BCUT2D eigenvalue weighted by atomic mass is 10.2. The van der Waals surface area contributed by atoms with Crippen LogP contribution in [0.2, 0.25) is 0 Å². The maximum atomic E-state index is 8.82. The second kappa shape index (κ2) is 5.75. The molecule has 0 bridgehead atoms. The summed E-state index contributed by atoms with van der Waals surface area (Å²) in [5.41, 5.74) is 2.54. The van der Waals surface area contributed by atoms with Crippen LogP contribution >= 0.6 is 0 Å². The lowest BCUT2D eigenvalue weighted by Crippen LogP contribution is -2.25. The Bertz CT molecular complexity index is 327. The zero-order valence-electron chi connectivity index (χ0n) is 9.65. The van der Waals surface area contributed by atoms with Crippen LogP contribution in [0.25, 0.3) is 0 Å². The number of aliphatic hydroxyl groups excluding tert-OH is 1. The van der Waals surface area contributed by atoms with Crippen molar-refractivity contribution in [1.29, 1.82) is 0 Å². The lowest BCUT2D eigenvalue weighted by molar-refractivity contribution is 0.285. The van der Waals surface area contributed by atoms with Crippen LogP contribution in [0.3, 0.4) is 0 Å². The van der Waals surface area contributed by atoms with Gasteiger partial charge in [0.1, 0.15) is 0 Å². The van der Waals surface area contributed by atoms with Gasteiger partial charge in [-0.2, -0.15) is 0 Å². The Hall–Kier alpha value is -1.22. The summed E-state index contributed by atoms with van der Waals surface area (Å²) in [6.45, 7) is 3.50. The fourth-order valence-electron chi connectivity index (χ4n) is 2.16. The van der Waals surface area contributed by atoms with Crippen LogP contribution in [0.4, 0.5) is 11.4 Å². The van der Waals surface area contributed by atoms with Gasteiger partial charge in [0.05, 0.1) is 11.4 Å². The maximum absolute atomic E-state index is 8.82. The van der Waals surface area contributed by atoms with Crippen molar-refractivity contribution >= 4 is 11.4 Å². The van der Waals surface area contributed by atoms with Crippen LogP contribution in [-0.4, -0.2) is 31.3 Å². The summed E-state index contributed by atoms with van der Waals surface area (Å²) in [6.07, 6.45) is 3.13. The van der Waals surface area contributed by atoms with Crippen LogP contribution in [-0.2, 0) is 0 Å². The van der Waals surface area contributed by atoms with E-state index in [4.69, 9.17) is 5.11 Å². The summed E-state index contributed by atoms with van der Waals surface area (Å²) in [7, 11) is 0. The third-order valence-corrected chi connectivity index (χ3v) is 3.00. The molecule has 3 nitrogen and oxygen atoms in total. The predicted molar refractivity (Wildman–Crippen MR) is 68.1 cm³/mol. The zero-order chi connectivity index (χ0) is 11.2. The lowest BCUT2D eigenvalue weighted by Gasteiger charge is -2.24.